The van der Waals surface area contributed by atoms with Gasteiger partial charge in [0, 0.05) is 31.6 Å². The zero-order valence-corrected chi connectivity index (χ0v) is 9.23. The minimum absolute atomic E-state index is 0.618. The molecule has 0 heterocycles. The van der Waals surface area contributed by atoms with Gasteiger partial charge < -0.3 is 9.64 Å². The van der Waals surface area contributed by atoms with E-state index in [1.54, 1.807) is 7.11 Å². The lowest BCUT2D eigenvalue weighted by Gasteiger charge is -2.23. The molecule has 3 heteroatoms. The summed E-state index contributed by atoms with van der Waals surface area (Å²) in [6.07, 6.45) is 1.11. The van der Waals surface area contributed by atoms with Gasteiger partial charge in [-0.25, -0.2) is 0 Å². The van der Waals surface area contributed by atoms with E-state index in [9.17, 15) is 0 Å². The third-order valence-corrected chi connectivity index (χ3v) is 2.28. The zero-order valence-electron chi connectivity index (χ0n) is 7.64. The van der Waals surface area contributed by atoms with E-state index in [0.717, 1.165) is 24.9 Å². The Balaban J connectivity index is 3.38. The third-order valence-electron chi connectivity index (χ3n) is 1.93. The summed E-state index contributed by atoms with van der Waals surface area (Å²) in [6.45, 7) is 4.18. The van der Waals surface area contributed by atoms with E-state index in [1.807, 2.05) is 0 Å². The average molecular weight is 224 g/mol. The smallest absolute Gasteiger partial charge is 0.0477 e. The number of alkyl halides is 1. The Morgan fingerprint density at radius 2 is 2.18 bits per heavy atom. The second-order valence-corrected chi connectivity index (χ2v) is 3.59. The summed E-state index contributed by atoms with van der Waals surface area (Å²) in [5.41, 5.74) is 0. The molecular formula is C8H18BrNO. The van der Waals surface area contributed by atoms with Crippen LogP contribution in [0.2, 0.25) is 0 Å². The zero-order chi connectivity index (χ0) is 8.69. The van der Waals surface area contributed by atoms with Crippen molar-refractivity contribution in [2.24, 2.45) is 0 Å². The fourth-order valence-corrected chi connectivity index (χ4v) is 1.42. The summed E-state index contributed by atoms with van der Waals surface area (Å²) in [5.74, 6) is 0. The lowest BCUT2D eigenvalue weighted by atomic mass is 10.2. The van der Waals surface area contributed by atoms with Crippen molar-refractivity contribution in [3.05, 3.63) is 0 Å². The van der Waals surface area contributed by atoms with Gasteiger partial charge in [0.05, 0.1) is 0 Å². The number of methoxy groups -OCH3 is 1. The number of ether oxygens (including phenoxy) is 1. The molecule has 0 spiro atoms. The lowest BCUT2D eigenvalue weighted by Crippen LogP contribution is -2.31. The molecular weight excluding hydrogens is 206 g/mol. The van der Waals surface area contributed by atoms with Crippen LogP contribution in [0.1, 0.15) is 13.3 Å². The van der Waals surface area contributed by atoms with E-state index in [2.05, 4.69) is 34.8 Å². The first-order valence-electron chi connectivity index (χ1n) is 3.97. The molecule has 1 unspecified atom stereocenters. The second kappa shape index (κ2) is 7.07. The van der Waals surface area contributed by atoms with Crippen LogP contribution in [0.25, 0.3) is 0 Å². The molecule has 0 saturated carbocycles. The van der Waals surface area contributed by atoms with E-state index < -0.39 is 0 Å². The molecule has 11 heavy (non-hydrogen) atoms. The van der Waals surface area contributed by atoms with Gasteiger partial charge in [-0.3, -0.25) is 0 Å². The van der Waals surface area contributed by atoms with Crippen molar-refractivity contribution in [3.8, 4) is 0 Å². The topological polar surface area (TPSA) is 12.5 Å². The van der Waals surface area contributed by atoms with Gasteiger partial charge in [0.2, 0.25) is 0 Å². The summed E-state index contributed by atoms with van der Waals surface area (Å²) in [6, 6.07) is 0.618. The highest BCUT2D eigenvalue weighted by Gasteiger charge is 2.06. The first-order valence-corrected chi connectivity index (χ1v) is 5.09. The summed E-state index contributed by atoms with van der Waals surface area (Å²) >= 11 is 3.41. The van der Waals surface area contributed by atoms with Gasteiger partial charge in [-0.1, -0.05) is 15.9 Å². The Labute approximate surface area is 78.0 Å². The minimum atomic E-state index is 0.618. The molecule has 0 saturated heterocycles. The van der Waals surface area contributed by atoms with Gasteiger partial charge in [0.1, 0.15) is 0 Å². The Kier molecular flexibility index (Phi) is 7.33. The normalized spacial score (nSPS) is 13.9. The summed E-state index contributed by atoms with van der Waals surface area (Å²) in [5, 5.41) is 1.04. The highest BCUT2D eigenvalue weighted by molar-refractivity contribution is 9.09. The van der Waals surface area contributed by atoms with Crippen molar-refractivity contribution in [2.45, 2.75) is 19.4 Å². The fourth-order valence-electron chi connectivity index (χ4n) is 0.862. The highest BCUT2D eigenvalue weighted by Crippen LogP contribution is 2.01. The van der Waals surface area contributed by atoms with Gasteiger partial charge >= 0.3 is 0 Å². The van der Waals surface area contributed by atoms with Crippen LogP contribution in [0, 0.1) is 0 Å². The number of nitrogens with zero attached hydrogens (tertiary/aromatic N) is 1. The van der Waals surface area contributed by atoms with Gasteiger partial charge in [0.15, 0.2) is 0 Å². The average Bonchev–Trinajstić information content (AvgIpc) is 2.00. The van der Waals surface area contributed by atoms with Gasteiger partial charge in [0.25, 0.3) is 0 Å². The van der Waals surface area contributed by atoms with Crippen LogP contribution in [-0.4, -0.2) is 43.6 Å². The van der Waals surface area contributed by atoms with Gasteiger partial charge in [-0.05, 0) is 20.4 Å². The first-order chi connectivity index (χ1) is 5.22. The van der Waals surface area contributed by atoms with Crippen molar-refractivity contribution < 1.29 is 4.74 Å². The molecule has 0 aromatic rings. The Morgan fingerprint density at radius 3 is 2.64 bits per heavy atom. The van der Waals surface area contributed by atoms with Crippen LogP contribution >= 0.6 is 15.9 Å². The van der Waals surface area contributed by atoms with E-state index in [4.69, 9.17) is 4.74 Å². The second-order valence-electron chi connectivity index (χ2n) is 2.80. The van der Waals surface area contributed by atoms with Crippen molar-refractivity contribution >= 4 is 15.9 Å². The van der Waals surface area contributed by atoms with Crippen LogP contribution in [0.4, 0.5) is 0 Å². The molecule has 0 bridgehead atoms. The Morgan fingerprint density at radius 1 is 1.55 bits per heavy atom. The quantitative estimate of drug-likeness (QED) is 0.637. The van der Waals surface area contributed by atoms with Crippen LogP contribution in [0.15, 0.2) is 0 Å². The number of halogens is 1. The van der Waals surface area contributed by atoms with Crippen molar-refractivity contribution in [2.75, 3.05) is 32.6 Å². The molecule has 0 aromatic heterocycles. The Bertz CT molecular complexity index is 90.2. The predicted octanol–water partition coefficient (Wildman–Crippen LogP) is 1.74. The molecule has 0 amide bonds. The monoisotopic (exact) mass is 223 g/mol. The first kappa shape index (κ1) is 11.4. The van der Waals surface area contributed by atoms with Crippen LogP contribution < -0.4 is 0 Å². The highest BCUT2D eigenvalue weighted by atomic mass is 79.9. The maximum Gasteiger partial charge on any atom is 0.0477 e. The molecule has 0 radical (unpaired) electrons. The minimum Gasteiger partial charge on any atom is -0.385 e. The predicted molar refractivity (Wildman–Crippen MR) is 52.4 cm³/mol. The molecule has 0 N–H and O–H groups in total. The van der Waals surface area contributed by atoms with E-state index >= 15 is 0 Å². The van der Waals surface area contributed by atoms with Crippen LogP contribution in [-0.2, 0) is 4.74 Å². The van der Waals surface area contributed by atoms with E-state index in [0.29, 0.717) is 6.04 Å². The van der Waals surface area contributed by atoms with E-state index in [-0.39, 0.29) is 0 Å². The van der Waals surface area contributed by atoms with Crippen molar-refractivity contribution in [1.29, 1.82) is 0 Å². The largest absolute Gasteiger partial charge is 0.385 e. The van der Waals surface area contributed by atoms with Crippen molar-refractivity contribution in [3.63, 3.8) is 0 Å². The van der Waals surface area contributed by atoms with Crippen LogP contribution in [0.3, 0.4) is 0 Å². The number of hydrogen-bond acceptors (Lipinski definition) is 2. The number of hydrogen-bond donors (Lipinski definition) is 0. The van der Waals surface area contributed by atoms with Crippen LogP contribution in [0.5, 0.6) is 0 Å². The Hall–Kier alpha value is 0.400. The molecule has 0 aromatic carbocycles. The van der Waals surface area contributed by atoms with Gasteiger partial charge in [-0.2, -0.15) is 0 Å². The molecule has 0 rings (SSSR count). The van der Waals surface area contributed by atoms with Gasteiger partial charge in [-0.15, -0.1) is 0 Å². The molecule has 0 fully saturated rings. The molecule has 0 aliphatic carbocycles. The van der Waals surface area contributed by atoms with Crippen molar-refractivity contribution in [1.82, 2.24) is 4.90 Å². The SMILES string of the molecule is COCCC(C)N(C)CCBr. The van der Waals surface area contributed by atoms with E-state index in [1.165, 1.54) is 0 Å². The summed E-state index contributed by atoms with van der Waals surface area (Å²) in [4.78, 5) is 2.33. The summed E-state index contributed by atoms with van der Waals surface area (Å²) in [7, 11) is 3.89. The fraction of sp³-hybridized carbons (Fsp3) is 1.00. The maximum atomic E-state index is 5.00. The lowest BCUT2D eigenvalue weighted by molar-refractivity contribution is 0.156. The maximum absolute atomic E-state index is 5.00. The summed E-state index contributed by atoms with van der Waals surface area (Å²) < 4.78 is 5.00. The third kappa shape index (κ3) is 5.65. The molecule has 2 nitrogen and oxygen atoms in total. The molecule has 1 atom stereocenters. The molecule has 0 aliphatic rings. The number of rotatable bonds is 6. The standard InChI is InChI=1S/C8H18BrNO/c1-8(4-7-11-3)10(2)6-5-9/h8H,4-7H2,1-3H3. The molecule has 0 aliphatic heterocycles. The molecule has 68 valence electrons.